The van der Waals surface area contributed by atoms with E-state index in [1.54, 1.807) is 6.07 Å². The fourth-order valence-corrected chi connectivity index (χ4v) is 3.85. The van der Waals surface area contributed by atoms with E-state index in [9.17, 15) is 4.39 Å². The Hall–Kier alpha value is -1.80. The van der Waals surface area contributed by atoms with E-state index in [0.29, 0.717) is 5.92 Å². The Morgan fingerprint density at radius 3 is 2.81 bits per heavy atom. The molecule has 1 aliphatic carbocycles. The van der Waals surface area contributed by atoms with Crippen molar-refractivity contribution in [2.75, 3.05) is 5.32 Å². The number of benzene rings is 2. The van der Waals surface area contributed by atoms with E-state index < -0.39 is 0 Å². The minimum atomic E-state index is -0.175. The zero-order valence-corrected chi connectivity index (χ0v) is 12.1. The number of hydrogen-bond donors (Lipinski definition) is 1. The minimum absolute atomic E-state index is 0.164. The predicted molar refractivity (Wildman–Crippen MR) is 84.2 cm³/mol. The van der Waals surface area contributed by atoms with E-state index in [0.717, 1.165) is 28.3 Å². The van der Waals surface area contributed by atoms with Gasteiger partial charge in [-0.25, -0.2) is 4.39 Å². The molecule has 2 aromatic carbocycles. The maximum Gasteiger partial charge on any atom is 0.123 e. The molecule has 3 atom stereocenters. The van der Waals surface area contributed by atoms with Gasteiger partial charge in [0.1, 0.15) is 5.82 Å². The van der Waals surface area contributed by atoms with Crippen molar-refractivity contribution in [2.45, 2.75) is 18.4 Å². The lowest BCUT2D eigenvalue weighted by Crippen LogP contribution is -2.29. The quantitative estimate of drug-likeness (QED) is 0.704. The van der Waals surface area contributed by atoms with Crippen LogP contribution >= 0.6 is 11.6 Å². The number of allylic oxidation sites excluding steroid dienone is 2. The van der Waals surface area contributed by atoms with Crippen LogP contribution in [0.15, 0.2) is 54.6 Å². The number of fused-ring (bicyclic) bond motifs is 3. The second-order valence-electron chi connectivity index (χ2n) is 5.73. The Balaban J connectivity index is 1.82. The van der Waals surface area contributed by atoms with Crippen LogP contribution in [0, 0.1) is 11.7 Å². The largest absolute Gasteiger partial charge is 0.378 e. The van der Waals surface area contributed by atoms with Gasteiger partial charge in [0.25, 0.3) is 0 Å². The van der Waals surface area contributed by atoms with Crippen LogP contribution in [0.5, 0.6) is 0 Å². The lowest BCUT2D eigenvalue weighted by Gasteiger charge is -2.37. The summed E-state index contributed by atoms with van der Waals surface area (Å²) in [5, 5.41) is 4.35. The van der Waals surface area contributed by atoms with Gasteiger partial charge >= 0.3 is 0 Å². The molecule has 21 heavy (non-hydrogen) atoms. The Kier molecular flexibility index (Phi) is 3.00. The topological polar surface area (TPSA) is 12.0 Å². The first kappa shape index (κ1) is 12.9. The van der Waals surface area contributed by atoms with E-state index in [1.165, 1.54) is 6.07 Å². The molecule has 0 saturated heterocycles. The Bertz CT molecular complexity index is 725. The lowest BCUT2D eigenvalue weighted by atomic mass is 9.77. The van der Waals surface area contributed by atoms with E-state index in [1.807, 2.05) is 24.3 Å². The van der Waals surface area contributed by atoms with Crippen LogP contribution in [-0.4, -0.2) is 0 Å². The Morgan fingerprint density at radius 2 is 1.95 bits per heavy atom. The highest BCUT2D eigenvalue weighted by atomic mass is 35.5. The molecular weight excluding hydrogens is 285 g/mol. The molecule has 0 amide bonds. The summed E-state index contributed by atoms with van der Waals surface area (Å²) in [4.78, 5) is 0. The smallest absolute Gasteiger partial charge is 0.123 e. The molecule has 106 valence electrons. The molecule has 1 heterocycles. The van der Waals surface area contributed by atoms with Crippen molar-refractivity contribution in [3.63, 3.8) is 0 Å². The summed E-state index contributed by atoms with van der Waals surface area (Å²) in [6, 6.07) is 13.1. The first-order valence-electron chi connectivity index (χ1n) is 7.21. The van der Waals surface area contributed by atoms with Gasteiger partial charge in [-0.05, 0) is 47.7 Å². The molecule has 0 fully saturated rings. The molecule has 0 bridgehead atoms. The molecule has 2 aromatic rings. The van der Waals surface area contributed by atoms with Crippen molar-refractivity contribution in [2.24, 2.45) is 5.92 Å². The van der Waals surface area contributed by atoms with Crippen molar-refractivity contribution in [3.05, 3.63) is 76.6 Å². The highest BCUT2D eigenvalue weighted by Crippen LogP contribution is 2.50. The molecule has 0 radical (unpaired) electrons. The monoisotopic (exact) mass is 299 g/mol. The Labute approximate surface area is 128 Å². The van der Waals surface area contributed by atoms with Crippen LogP contribution in [0.25, 0.3) is 0 Å². The standard InChI is InChI=1S/C18H15ClFN/c19-16-7-2-1-4-14(16)18-13-6-3-5-12(13)15-10-11(20)8-9-17(15)21-18/h1-5,7-10,12-13,18,21H,6H2/t12-,13-,18-/m0/s1. The van der Waals surface area contributed by atoms with Gasteiger partial charge in [0, 0.05) is 16.6 Å². The highest BCUT2D eigenvalue weighted by molar-refractivity contribution is 6.31. The number of halogens is 2. The van der Waals surface area contributed by atoms with Crippen molar-refractivity contribution >= 4 is 17.3 Å². The van der Waals surface area contributed by atoms with Gasteiger partial charge in [-0.3, -0.25) is 0 Å². The van der Waals surface area contributed by atoms with Gasteiger partial charge in [0.15, 0.2) is 0 Å². The van der Waals surface area contributed by atoms with Gasteiger partial charge in [-0.15, -0.1) is 0 Å². The highest BCUT2D eigenvalue weighted by Gasteiger charge is 2.38. The molecule has 0 saturated carbocycles. The summed E-state index contributed by atoms with van der Waals surface area (Å²) < 4.78 is 13.6. The van der Waals surface area contributed by atoms with E-state index in [2.05, 4.69) is 23.5 Å². The van der Waals surface area contributed by atoms with E-state index in [-0.39, 0.29) is 17.8 Å². The Morgan fingerprint density at radius 1 is 1.10 bits per heavy atom. The maximum atomic E-state index is 13.6. The van der Waals surface area contributed by atoms with Crippen LogP contribution in [0.4, 0.5) is 10.1 Å². The normalized spacial score (nSPS) is 26.1. The molecule has 3 heteroatoms. The summed E-state index contributed by atoms with van der Waals surface area (Å²) in [5.41, 5.74) is 3.18. The molecule has 0 unspecified atom stereocenters. The zero-order chi connectivity index (χ0) is 14.4. The molecule has 0 aromatic heterocycles. The number of rotatable bonds is 1. The van der Waals surface area contributed by atoms with Gasteiger partial charge in [-0.1, -0.05) is 42.0 Å². The number of anilines is 1. The molecule has 0 spiro atoms. The van der Waals surface area contributed by atoms with Gasteiger partial charge in [0.05, 0.1) is 6.04 Å². The average Bonchev–Trinajstić information content (AvgIpc) is 2.97. The third kappa shape index (κ3) is 2.06. The molecule has 1 N–H and O–H groups in total. The van der Waals surface area contributed by atoms with Crippen molar-refractivity contribution in [1.29, 1.82) is 0 Å². The van der Waals surface area contributed by atoms with E-state index >= 15 is 0 Å². The summed E-state index contributed by atoms with van der Waals surface area (Å²) in [6.45, 7) is 0. The number of hydrogen-bond acceptors (Lipinski definition) is 1. The van der Waals surface area contributed by atoms with Crippen LogP contribution in [0.1, 0.15) is 29.5 Å². The lowest BCUT2D eigenvalue weighted by molar-refractivity contribution is 0.424. The third-order valence-corrected chi connectivity index (χ3v) is 4.91. The van der Waals surface area contributed by atoms with Gasteiger partial charge in [0.2, 0.25) is 0 Å². The van der Waals surface area contributed by atoms with Crippen LogP contribution < -0.4 is 5.32 Å². The first-order valence-corrected chi connectivity index (χ1v) is 7.59. The van der Waals surface area contributed by atoms with Gasteiger partial charge < -0.3 is 5.32 Å². The van der Waals surface area contributed by atoms with Crippen molar-refractivity contribution in [1.82, 2.24) is 0 Å². The average molecular weight is 300 g/mol. The number of nitrogens with one attached hydrogen (secondary N) is 1. The maximum absolute atomic E-state index is 13.6. The van der Waals surface area contributed by atoms with Crippen LogP contribution in [0.3, 0.4) is 0 Å². The van der Waals surface area contributed by atoms with Gasteiger partial charge in [-0.2, -0.15) is 0 Å². The fourth-order valence-electron chi connectivity index (χ4n) is 3.60. The zero-order valence-electron chi connectivity index (χ0n) is 11.4. The second kappa shape index (κ2) is 4.88. The summed E-state index contributed by atoms with van der Waals surface area (Å²) >= 11 is 6.38. The SMILES string of the molecule is Fc1ccc2c(c1)[C@H]1C=CC[C@@H]1[C@@H](c1ccccc1Cl)N2. The third-order valence-electron chi connectivity index (χ3n) is 4.57. The summed E-state index contributed by atoms with van der Waals surface area (Å²) in [5.74, 6) is 0.475. The molecular formula is C18H15ClFN. The predicted octanol–water partition coefficient (Wildman–Crippen LogP) is 5.31. The van der Waals surface area contributed by atoms with Crippen molar-refractivity contribution < 1.29 is 4.39 Å². The van der Waals surface area contributed by atoms with Crippen LogP contribution in [0.2, 0.25) is 5.02 Å². The molecule has 4 rings (SSSR count). The molecule has 2 aliphatic rings. The summed E-state index contributed by atoms with van der Waals surface area (Å²) in [6.07, 6.45) is 5.39. The summed E-state index contributed by atoms with van der Waals surface area (Å²) in [7, 11) is 0. The second-order valence-corrected chi connectivity index (χ2v) is 6.14. The van der Waals surface area contributed by atoms with E-state index in [4.69, 9.17) is 11.6 Å². The molecule has 1 aliphatic heterocycles. The first-order chi connectivity index (χ1) is 10.2. The fraction of sp³-hybridized carbons (Fsp3) is 0.222. The minimum Gasteiger partial charge on any atom is -0.378 e. The van der Waals surface area contributed by atoms with Crippen LogP contribution in [-0.2, 0) is 0 Å². The molecule has 1 nitrogen and oxygen atoms in total. The van der Waals surface area contributed by atoms with Crippen molar-refractivity contribution in [3.8, 4) is 0 Å².